The Bertz CT molecular complexity index is 772. The lowest BCUT2D eigenvalue weighted by atomic mass is 10.1. The Kier molecular flexibility index (Phi) is 7.95. The van der Waals surface area contributed by atoms with Gasteiger partial charge in [-0.05, 0) is 42.0 Å². The van der Waals surface area contributed by atoms with Crippen molar-refractivity contribution in [3.63, 3.8) is 0 Å². The van der Waals surface area contributed by atoms with Crippen LogP contribution < -0.4 is 10.2 Å². The Morgan fingerprint density at radius 2 is 1.69 bits per heavy atom. The van der Waals surface area contributed by atoms with Gasteiger partial charge in [0, 0.05) is 55.1 Å². The summed E-state index contributed by atoms with van der Waals surface area (Å²) < 4.78 is 13.1. The Morgan fingerprint density at radius 1 is 1.03 bits per heavy atom. The van der Waals surface area contributed by atoms with Gasteiger partial charge in [-0.2, -0.15) is 0 Å². The van der Waals surface area contributed by atoms with Crippen molar-refractivity contribution >= 4 is 23.4 Å². The van der Waals surface area contributed by atoms with E-state index < -0.39 is 0 Å². The van der Waals surface area contributed by atoms with E-state index in [4.69, 9.17) is 0 Å². The number of rotatable bonds is 8. The van der Waals surface area contributed by atoms with E-state index in [-0.39, 0.29) is 11.7 Å². The van der Waals surface area contributed by atoms with Gasteiger partial charge in [-0.15, -0.1) is 11.8 Å². The standard InChI is InChI=1S/C23H30FN3OS/c1-18(2)29-22-9-3-19(4-10-22)17-23(28)25-11-12-26-13-15-27(16-14-26)21-7-5-20(24)6-8-21/h3-10,18H,11-17H2,1-2H3,(H,25,28). The minimum atomic E-state index is -0.200. The molecule has 2 aromatic rings. The number of piperazine rings is 1. The number of nitrogens with one attached hydrogen (secondary N) is 1. The molecule has 156 valence electrons. The van der Waals surface area contributed by atoms with Crippen LogP contribution in [0.3, 0.4) is 0 Å². The molecule has 1 saturated heterocycles. The van der Waals surface area contributed by atoms with E-state index in [2.05, 4.69) is 41.1 Å². The van der Waals surface area contributed by atoms with Crippen LogP contribution in [0.2, 0.25) is 0 Å². The Morgan fingerprint density at radius 3 is 2.31 bits per heavy atom. The number of carbonyl (C=O) groups excluding carboxylic acids is 1. The van der Waals surface area contributed by atoms with Crippen molar-refractivity contribution in [1.29, 1.82) is 0 Å². The van der Waals surface area contributed by atoms with Gasteiger partial charge in [-0.1, -0.05) is 26.0 Å². The number of hydrogen-bond acceptors (Lipinski definition) is 4. The molecule has 0 unspecified atom stereocenters. The molecular formula is C23H30FN3OS. The molecule has 4 nitrogen and oxygen atoms in total. The molecule has 1 N–H and O–H groups in total. The monoisotopic (exact) mass is 415 g/mol. The first-order valence-electron chi connectivity index (χ1n) is 10.2. The summed E-state index contributed by atoms with van der Waals surface area (Å²) in [5.74, 6) is -0.132. The van der Waals surface area contributed by atoms with Crippen LogP contribution in [0.1, 0.15) is 19.4 Å². The number of carbonyl (C=O) groups is 1. The van der Waals surface area contributed by atoms with E-state index >= 15 is 0 Å². The fourth-order valence-corrected chi connectivity index (χ4v) is 4.28. The molecule has 3 rings (SSSR count). The summed E-state index contributed by atoms with van der Waals surface area (Å²) in [6.45, 7) is 9.60. The fourth-order valence-electron chi connectivity index (χ4n) is 3.44. The predicted octanol–water partition coefficient (Wildman–Crippen LogP) is 3.81. The minimum absolute atomic E-state index is 0.0687. The fraction of sp³-hybridized carbons (Fsp3) is 0.435. The first kappa shape index (κ1) is 21.7. The summed E-state index contributed by atoms with van der Waals surface area (Å²) in [4.78, 5) is 18.1. The molecule has 0 atom stereocenters. The molecule has 1 aliphatic rings. The van der Waals surface area contributed by atoms with Gasteiger partial charge in [-0.3, -0.25) is 9.69 Å². The molecule has 6 heteroatoms. The first-order chi connectivity index (χ1) is 14.0. The molecule has 1 amide bonds. The van der Waals surface area contributed by atoms with Gasteiger partial charge in [-0.25, -0.2) is 4.39 Å². The van der Waals surface area contributed by atoms with Gasteiger partial charge in [0.2, 0.25) is 5.91 Å². The third kappa shape index (κ3) is 7.05. The molecule has 1 aliphatic heterocycles. The largest absolute Gasteiger partial charge is 0.369 e. The van der Waals surface area contributed by atoms with Crippen molar-refractivity contribution in [2.45, 2.75) is 30.4 Å². The lowest BCUT2D eigenvalue weighted by Crippen LogP contribution is -2.48. The van der Waals surface area contributed by atoms with Crippen LogP contribution in [0, 0.1) is 5.82 Å². The highest BCUT2D eigenvalue weighted by atomic mass is 32.2. The Balaban J connectivity index is 1.34. The SMILES string of the molecule is CC(C)Sc1ccc(CC(=O)NCCN2CCN(c3ccc(F)cc3)CC2)cc1. The van der Waals surface area contributed by atoms with Crippen LogP contribution in [-0.2, 0) is 11.2 Å². The highest BCUT2D eigenvalue weighted by Crippen LogP contribution is 2.23. The molecule has 0 bridgehead atoms. The van der Waals surface area contributed by atoms with E-state index in [1.807, 2.05) is 36.0 Å². The smallest absolute Gasteiger partial charge is 0.224 e. The molecule has 0 radical (unpaired) electrons. The zero-order valence-electron chi connectivity index (χ0n) is 17.2. The maximum absolute atomic E-state index is 13.1. The Hall–Kier alpha value is -2.05. The summed E-state index contributed by atoms with van der Waals surface area (Å²) in [5, 5.41) is 3.59. The molecule has 1 fully saturated rings. The van der Waals surface area contributed by atoms with Crippen LogP contribution in [0.5, 0.6) is 0 Å². The molecule has 0 aromatic heterocycles. The number of hydrogen-bond donors (Lipinski definition) is 1. The van der Waals surface area contributed by atoms with Gasteiger partial charge in [0.15, 0.2) is 0 Å². The molecule has 1 heterocycles. The summed E-state index contributed by atoms with van der Waals surface area (Å²) in [6.07, 6.45) is 0.422. The van der Waals surface area contributed by atoms with Gasteiger partial charge < -0.3 is 10.2 Å². The number of amides is 1. The first-order valence-corrected chi connectivity index (χ1v) is 11.1. The number of benzene rings is 2. The van der Waals surface area contributed by atoms with Gasteiger partial charge in [0.25, 0.3) is 0 Å². The van der Waals surface area contributed by atoms with Crippen molar-refractivity contribution in [2.24, 2.45) is 0 Å². The lowest BCUT2D eigenvalue weighted by molar-refractivity contribution is -0.120. The molecule has 0 spiro atoms. The maximum atomic E-state index is 13.1. The van der Waals surface area contributed by atoms with Gasteiger partial charge in [0.05, 0.1) is 6.42 Å². The van der Waals surface area contributed by atoms with Gasteiger partial charge >= 0.3 is 0 Å². The normalized spacial score (nSPS) is 15.0. The van der Waals surface area contributed by atoms with Crippen LogP contribution in [0.25, 0.3) is 0 Å². The lowest BCUT2D eigenvalue weighted by Gasteiger charge is -2.36. The average Bonchev–Trinajstić information content (AvgIpc) is 2.70. The van der Waals surface area contributed by atoms with E-state index in [9.17, 15) is 9.18 Å². The quantitative estimate of drug-likeness (QED) is 0.665. The molecule has 0 saturated carbocycles. The van der Waals surface area contributed by atoms with Crippen LogP contribution in [0.15, 0.2) is 53.4 Å². The van der Waals surface area contributed by atoms with Crippen molar-refractivity contribution < 1.29 is 9.18 Å². The van der Waals surface area contributed by atoms with Gasteiger partial charge in [0.1, 0.15) is 5.82 Å². The van der Waals surface area contributed by atoms with E-state index in [0.717, 1.165) is 44.0 Å². The van der Waals surface area contributed by atoms with E-state index in [1.165, 1.54) is 17.0 Å². The summed E-state index contributed by atoms with van der Waals surface area (Å²) in [7, 11) is 0. The summed E-state index contributed by atoms with van der Waals surface area (Å²) in [6, 6.07) is 14.9. The zero-order valence-corrected chi connectivity index (χ0v) is 18.1. The molecule has 2 aromatic carbocycles. The second-order valence-corrected chi connectivity index (χ2v) is 9.29. The third-order valence-corrected chi connectivity index (χ3v) is 5.99. The second-order valence-electron chi connectivity index (χ2n) is 7.64. The molecule has 0 aliphatic carbocycles. The van der Waals surface area contributed by atoms with Crippen LogP contribution in [-0.4, -0.2) is 55.3 Å². The van der Waals surface area contributed by atoms with Crippen molar-refractivity contribution in [3.05, 3.63) is 59.9 Å². The molecular weight excluding hydrogens is 385 g/mol. The average molecular weight is 416 g/mol. The van der Waals surface area contributed by atoms with E-state index in [1.54, 1.807) is 0 Å². The predicted molar refractivity (Wildman–Crippen MR) is 119 cm³/mol. The number of halogens is 1. The summed E-state index contributed by atoms with van der Waals surface area (Å²) >= 11 is 1.83. The van der Waals surface area contributed by atoms with Crippen LogP contribution in [0.4, 0.5) is 10.1 Å². The number of thioether (sulfide) groups is 1. The third-order valence-electron chi connectivity index (χ3n) is 4.97. The minimum Gasteiger partial charge on any atom is -0.369 e. The topological polar surface area (TPSA) is 35.6 Å². The second kappa shape index (κ2) is 10.6. The van der Waals surface area contributed by atoms with Crippen molar-refractivity contribution in [1.82, 2.24) is 10.2 Å². The maximum Gasteiger partial charge on any atom is 0.224 e. The van der Waals surface area contributed by atoms with Crippen molar-refractivity contribution in [3.8, 4) is 0 Å². The number of nitrogens with zero attached hydrogens (tertiary/aromatic N) is 2. The highest BCUT2D eigenvalue weighted by Gasteiger charge is 2.17. The summed E-state index contributed by atoms with van der Waals surface area (Å²) in [5.41, 5.74) is 2.11. The zero-order chi connectivity index (χ0) is 20.6. The van der Waals surface area contributed by atoms with Crippen LogP contribution >= 0.6 is 11.8 Å². The Labute approximate surface area is 177 Å². The highest BCUT2D eigenvalue weighted by molar-refractivity contribution is 7.99. The molecule has 29 heavy (non-hydrogen) atoms. The van der Waals surface area contributed by atoms with Crippen molar-refractivity contribution in [2.75, 3.05) is 44.2 Å². The number of anilines is 1. The van der Waals surface area contributed by atoms with E-state index in [0.29, 0.717) is 18.2 Å².